The molecule has 5 heteroatoms. The molecule has 0 aliphatic carbocycles. The third-order valence-electron chi connectivity index (χ3n) is 2.75. The largest absolute Gasteiger partial charge is 0.871 e. The standard InChI is InChI=1S/C11H14N2O3/c14-10-2-1-8(11(15)16)7-9(10)13-5-3-12-4-6-13/h1-2,7,12,14H,3-6H2,(H,15,16). The molecule has 0 spiro atoms. The van der Waals surface area contributed by atoms with Crippen molar-refractivity contribution in [2.24, 2.45) is 0 Å². The molecule has 0 radical (unpaired) electrons. The first-order chi connectivity index (χ1) is 7.68. The third kappa shape index (κ3) is 2.09. The molecule has 1 heterocycles. The fraction of sp³-hybridized carbons (Fsp3) is 0.364. The van der Waals surface area contributed by atoms with Crippen molar-refractivity contribution in [3.8, 4) is 5.75 Å². The maximum atomic E-state index is 11.6. The number of carboxylic acid groups (broad SMARTS) is 1. The fourth-order valence-corrected chi connectivity index (χ4v) is 1.89. The topological polar surface area (TPSA) is 80.2 Å². The SMILES string of the molecule is O=C(O)c1ccc([O-])c(N2CC[NH2+]CC2)c1. The molecule has 0 atom stereocenters. The Balaban J connectivity index is 2.30. The number of nitrogens with zero attached hydrogens (tertiary/aromatic N) is 1. The highest BCUT2D eigenvalue weighted by molar-refractivity contribution is 5.89. The van der Waals surface area contributed by atoms with Crippen molar-refractivity contribution in [1.82, 2.24) is 0 Å². The average molecular weight is 222 g/mol. The van der Waals surface area contributed by atoms with Gasteiger partial charge in [-0.05, 0) is 12.1 Å². The van der Waals surface area contributed by atoms with Crippen molar-refractivity contribution in [1.29, 1.82) is 0 Å². The van der Waals surface area contributed by atoms with E-state index in [1.54, 1.807) is 0 Å². The lowest BCUT2D eigenvalue weighted by atomic mass is 10.1. The maximum absolute atomic E-state index is 11.6. The maximum Gasteiger partial charge on any atom is 0.335 e. The number of aromatic carboxylic acids is 1. The smallest absolute Gasteiger partial charge is 0.335 e. The number of hydrogen-bond acceptors (Lipinski definition) is 3. The number of carboxylic acids is 1. The van der Waals surface area contributed by atoms with Gasteiger partial charge in [-0.1, -0.05) is 11.8 Å². The van der Waals surface area contributed by atoms with Gasteiger partial charge in [-0.2, -0.15) is 0 Å². The summed E-state index contributed by atoms with van der Waals surface area (Å²) in [6.07, 6.45) is 0. The Hall–Kier alpha value is -1.75. The van der Waals surface area contributed by atoms with Gasteiger partial charge in [0.1, 0.15) is 0 Å². The molecule has 0 aromatic heterocycles. The predicted octanol–water partition coefficient (Wildman–Crippen LogP) is -1.16. The molecule has 16 heavy (non-hydrogen) atoms. The summed E-state index contributed by atoms with van der Waals surface area (Å²) in [4.78, 5) is 12.8. The molecular weight excluding hydrogens is 208 g/mol. The van der Waals surface area contributed by atoms with Crippen LogP contribution in [0.4, 0.5) is 5.69 Å². The molecule has 0 unspecified atom stereocenters. The number of piperazine rings is 1. The zero-order valence-electron chi connectivity index (χ0n) is 8.85. The van der Waals surface area contributed by atoms with Gasteiger partial charge < -0.3 is 20.4 Å². The van der Waals surface area contributed by atoms with E-state index >= 15 is 0 Å². The molecule has 1 aromatic carbocycles. The number of rotatable bonds is 2. The van der Waals surface area contributed by atoms with Crippen molar-refractivity contribution >= 4 is 11.7 Å². The van der Waals surface area contributed by atoms with Crippen LogP contribution >= 0.6 is 0 Å². The summed E-state index contributed by atoms with van der Waals surface area (Å²) in [5, 5.41) is 22.7. The summed E-state index contributed by atoms with van der Waals surface area (Å²) >= 11 is 0. The lowest BCUT2D eigenvalue weighted by Gasteiger charge is -2.31. The number of hydrogen-bond donors (Lipinski definition) is 2. The molecule has 86 valence electrons. The summed E-state index contributed by atoms with van der Waals surface area (Å²) in [6.45, 7) is 3.46. The van der Waals surface area contributed by atoms with Crippen LogP contribution in [0.2, 0.25) is 0 Å². The number of nitrogens with two attached hydrogens (primary N) is 1. The van der Waals surface area contributed by atoms with E-state index in [0.29, 0.717) is 5.69 Å². The minimum absolute atomic E-state index is 0.105. The number of carbonyl (C=O) groups is 1. The van der Waals surface area contributed by atoms with Gasteiger partial charge in [0.15, 0.2) is 0 Å². The van der Waals surface area contributed by atoms with E-state index in [1.165, 1.54) is 18.2 Å². The summed E-state index contributed by atoms with van der Waals surface area (Å²) in [6, 6.07) is 4.15. The summed E-state index contributed by atoms with van der Waals surface area (Å²) in [5.41, 5.74) is 0.678. The molecule has 0 amide bonds. The first-order valence-electron chi connectivity index (χ1n) is 5.29. The van der Waals surface area contributed by atoms with Crippen LogP contribution in [0.25, 0.3) is 0 Å². The van der Waals surface area contributed by atoms with Gasteiger partial charge in [-0.15, -0.1) is 0 Å². The van der Waals surface area contributed by atoms with E-state index in [1.807, 2.05) is 4.90 Å². The average Bonchev–Trinajstić information content (AvgIpc) is 2.30. The van der Waals surface area contributed by atoms with E-state index in [9.17, 15) is 9.90 Å². The minimum Gasteiger partial charge on any atom is -0.871 e. The zero-order valence-corrected chi connectivity index (χ0v) is 8.85. The van der Waals surface area contributed by atoms with E-state index in [4.69, 9.17) is 5.11 Å². The van der Waals surface area contributed by atoms with Gasteiger partial charge in [-0.3, -0.25) is 0 Å². The van der Waals surface area contributed by atoms with E-state index in [0.717, 1.165) is 26.2 Å². The fourth-order valence-electron chi connectivity index (χ4n) is 1.89. The highest BCUT2D eigenvalue weighted by Gasteiger charge is 2.14. The Morgan fingerprint density at radius 3 is 2.69 bits per heavy atom. The Labute approximate surface area is 93.3 Å². The monoisotopic (exact) mass is 222 g/mol. The second-order valence-corrected chi connectivity index (χ2v) is 3.84. The van der Waals surface area contributed by atoms with Crippen LogP contribution in [-0.2, 0) is 0 Å². The predicted molar refractivity (Wildman–Crippen MR) is 56.7 cm³/mol. The molecule has 1 fully saturated rings. The van der Waals surface area contributed by atoms with Crippen molar-refractivity contribution in [2.45, 2.75) is 0 Å². The van der Waals surface area contributed by atoms with E-state index < -0.39 is 5.97 Å². The molecule has 2 rings (SSSR count). The van der Waals surface area contributed by atoms with Crippen molar-refractivity contribution in [2.75, 3.05) is 31.1 Å². The second-order valence-electron chi connectivity index (χ2n) is 3.84. The molecule has 1 aliphatic rings. The van der Waals surface area contributed by atoms with Gasteiger partial charge in [0.05, 0.1) is 31.7 Å². The molecule has 0 bridgehead atoms. The van der Waals surface area contributed by atoms with Gasteiger partial charge in [0, 0.05) is 5.69 Å². The van der Waals surface area contributed by atoms with Crippen LogP contribution < -0.4 is 15.3 Å². The van der Waals surface area contributed by atoms with E-state index in [2.05, 4.69) is 5.32 Å². The summed E-state index contributed by atoms with van der Waals surface area (Å²) in [7, 11) is 0. The molecule has 3 N–H and O–H groups in total. The number of quaternary nitrogens is 1. The van der Waals surface area contributed by atoms with Crippen LogP contribution in [0, 0.1) is 0 Å². The number of anilines is 1. The summed E-state index contributed by atoms with van der Waals surface area (Å²) < 4.78 is 0. The van der Waals surface area contributed by atoms with E-state index in [-0.39, 0.29) is 11.3 Å². The normalized spacial score (nSPS) is 16.1. The van der Waals surface area contributed by atoms with Gasteiger partial charge in [0.2, 0.25) is 0 Å². The Bertz CT molecular complexity index is 400. The second kappa shape index (κ2) is 4.40. The third-order valence-corrected chi connectivity index (χ3v) is 2.75. The van der Waals surface area contributed by atoms with Crippen LogP contribution in [0.1, 0.15) is 10.4 Å². The molecule has 1 aliphatic heterocycles. The molecule has 1 saturated heterocycles. The van der Waals surface area contributed by atoms with Crippen molar-refractivity contribution in [3.05, 3.63) is 23.8 Å². The number of benzene rings is 1. The molecule has 5 nitrogen and oxygen atoms in total. The highest BCUT2D eigenvalue weighted by Crippen LogP contribution is 2.25. The zero-order chi connectivity index (χ0) is 11.5. The minimum atomic E-state index is -0.996. The Morgan fingerprint density at radius 1 is 1.38 bits per heavy atom. The molecule has 0 saturated carbocycles. The molecular formula is C11H14N2O3. The van der Waals surface area contributed by atoms with Crippen LogP contribution in [0.5, 0.6) is 5.75 Å². The van der Waals surface area contributed by atoms with Crippen molar-refractivity contribution < 1.29 is 20.3 Å². The first-order valence-corrected chi connectivity index (χ1v) is 5.29. The van der Waals surface area contributed by atoms with Crippen LogP contribution in [0.15, 0.2) is 18.2 Å². The van der Waals surface area contributed by atoms with Crippen LogP contribution in [0.3, 0.4) is 0 Å². The van der Waals surface area contributed by atoms with Gasteiger partial charge >= 0.3 is 5.97 Å². The first kappa shape index (κ1) is 10.8. The van der Waals surface area contributed by atoms with Crippen molar-refractivity contribution in [3.63, 3.8) is 0 Å². The summed E-state index contributed by atoms with van der Waals surface area (Å²) in [5.74, 6) is -1.10. The lowest BCUT2D eigenvalue weighted by molar-refractivity contribution is -0.655. The Morgan fingerprint density at radius 2 is 2.06 bits per heavy atom. The van der Waals surface area contributed by atoms with Crippen LogP contribution in [-0.4, -0.2) is 37.3 Å². The lowest BCUT2D eigenvalue weighted by Crippen LogP contribution is -2.89. The highest BCUT2D eigenvalue weighted by atomic mass is 16.4. The van der Waals surface area contributed by atoms with Gasteiger partial charge in [-0.25, -0.2) is 4.79 Å². The molecule has 1 aromatic rings. The van der Waals surface area contributed by atoms with Gasteiger partial charge in [0.25, 0.3) is 0 Å². The quantitative estimate of drug-likeness (QED) is 0.661. The Kier molecular flexibility index (Phi) is 2.96.